The Labute approximate surface area is 483 Å². The lowest BCUT2D eigenvalue weighted by atomic mass is 9.68. The highest BCUT2D eigenvalue weighted by atomic mass is 31.2. The Morgan fingerprint density at radius 3 is 1.95 bits per heavy atom. The van der Waals surface area contributed by atoms with Crippen molar-refractivity contribution in [1.29, 1.82) is 0 Å². The van der Waals surface area contributed by atoms with Crippen LogP contribution < -0.4 is 21.2 Å². The van der Waals surface area contributed by atoms with E-state index in [0.717, 1.165) is 31.8 Å². The van der Waals surface area contributed by atoms with Gasteiger partial charge in [-0.25, -0.2) is 9.59 Å². The fraction of sp³-hybridized carbons (Fsp3) is 0.672. The Bertz CT molecular complexity index is 2380. The van der Waals surface area contributed by atoms with Crippen molar-refractivity contribution in [2.24, 2.45) is 23.7 Å². The van der Waals surface area contributed by atoms with Crippen molar-refractivity contribution in [3.63, 3.8) is 0 Å². The number of cyclic esters (lactones) is 1. The van der Waals surface area contributed by atoms with Crippen LogP contribution >= 0.6 is 7.26 Å². The predicted octanol–water partition coefficient (Wildman–Crippen LogP) is 8.64. The van der Waals surface area contributed by atoms with Gasteiger partial charge in [-0.1, -0.05) is 88.7 Å². The summed E-state index contributed by atoms with van der Waals surface area (Å²) in [6.07, 6.45) is -2.87. The number of carbonyl (C=O) groups excluding carboxylic acids is 3. The van der Waals surface area contributed by atoms with E-state index in [1.807, 2.05) is 67.6 Å². The van der Waals surface area contributed by atoms with Gasteiger partial charge in [-0.05, 0) is 149 Å². The normalized spacial score (nSPS) is 36.5. The van der Waals surface area contributed by atoms with E-state index in [2.05, 4.69) is 108 Å². The van der Waals surface area contributed by atoms with Crippen LogP contribution in [0.1, 0.15) is 121 Å². The van der Waals surface area contributed by atoms with E-state index < -0.39 is 109 Å². The average Bonchev–Trinajstić information content (AvgIpc) is 3.80. The molecule has 4 aliphatic heterocycles. The van der Waals surface area contributed by atoms with Gasteiger partial charge in [0.25, 0.3) is 0 Å². The molecule has 16 nitrogen and oxygen atoms in total. The molecule has 0 aliphatic carbocycles. The average molecular weight is 1150 g/mol. The summed E-state index contributed by atoms with van der Waals surface area (Å²) < 4.78 is 51.3. The summed E-state index contributed by atoms with van der Waals surface area (Å²) in [6.45, 7) is 19.7. The summed E-state index contributed by atoms with van der Waals surface area (Å²) in [5.41, 5.74) is -4.01. The SMILES string of the molecule is CC[C@H]1OC(=O)[C@H](C)[C@@H](C2C[C@@](C)(OC)[C@@H](OC(=O)NCCCCCC[P+](c3ccccc3)(c3ccccc3)c3ccccc3)[C@H](C)O2)[C@H](C)[C@@H](O[C@@H]2O[C@H](C)C[C@H](N(C)C)[C@H]2O)[C@](C)(O)C[C@@H](C)CN(C)[C@H](C)[C@H]2OC(=O)O[C@@]21C. The zero-order valence-corrected chi connectivity index (χ0v) is 51.7. The summed E-state index contributed by atoms with van der Waals surface area (Å²) in [5.74, 6) is -3.05. The molecule has 4 fully saturated rings. The predicted molar refractivity (Wildman–Crippen MR) is 317 cm³/mol. The molecule has 3 N–H and O–H groups in total. The van der Waals surface area contributed by atoms with Gasteiger partial charge in [0.1, 0.15) is 41.0 Å². The Hall–Kier alpha value is -4.22. The number of benzene rings is 3. The third kappa shape index (κ3) is 14.5. The molecule has 1 amide bonds. The first-order valence-corrected chi connectivity index (χ1v) is 31.8. The Kier molecular flexibility index (Phi) is 22.0. The number of ether oxygens (including phenoxy) is 8. The first-order chi connectivity index (χ1) is 38.4. The molecule has 0 bridgehead atoms. The van der Waals surface area contributed by atoms with Crippen LogP contribution in [0.3, 0.4) is 0 Å². The molecule has 0 saturated carbocycles. The van der Waals surface area contributed by atoms with Gasteiger partial charge in [-0.15, -0.1) is 0 Å². The lowest BCUT2D eigenvalue weighted by Crippen LogP contribution is -2.62. The summed E-state index contributed by atoms with van der Waals surface area (Å²) in [6, 6.07) is 32.1. The van der Waals surface area contributed by atoms with Crippen molar-refractivity contribution in [3.05, 3.63) is 91.0 Å². The lowest BCUT2D eigenvalue weighted by molar-refractivity contribution is -0.302. The minimum Gasteiger partial charge on any atom is -0.458 e. The number of fused-ring (bicyclic) bond motifs is 1. The second-order valence-corrected chi connectivity index (χ2v) is 28.5. The first kappa shape index (κ1) is 64.3. The van der Waals surface area contributed by atoms with Crippen LogP contribution in [-0.2, 0) is 42.7 Å². The van der Waals surface area contributed by atoms with Gasteiger partial charge in [0.15, 0.2) is 24.1 Å². The van der Waals surface area contributed by atoms with Crippen molar-refractivity contribution >= 4 is 41.4 Å². The molecule has 0 radical (unpaired) electrons. The van der Waals surface area contributed by atoms with Crippen LogP contribution in [0.15, 0.2) is 91.0 Å². The maximum Gasteiger partial charge on any atom is 0.509 e. The molecule has 17 heteroatoms. The van der Waals surface area contributed by atoms with E-state index in [1.54, 1.807) is 27.9 Å². The number of aliphatic hydroxyl groups excluding tert-OH is 1. The third-order valence-corrected chi connectivity index (χ3v) is 23.0. The number of hydrogen-bond donors (Lipinski definition) is 3. The number of hydrogen-bond acceptors (Lipinski definition) is 15. The molecule has 450 valence electrons. The number of nitrogens with one attached hydrogen (secondary N) is 1. The quantitative estimate of drug-likeness (QED) is 0.0505. The van der Waals surface area contributed by atoms with Crippen LogP contribution in [0.5, 0.6) is 0 Å². The van der Waals surface area contributed by atoms with Crippen molar-refractivity contribution in [2.45, 2.75) is 205 Å². The fourth-order valence-corrected chi connectivity index (χ4v) is 18.6. The monoisotopic (exact) mass is 1150 g/mol. The van der Waals surface area contributed by atoms with Gasteiger partial charge >= 0.3 is 18.2 Å². The topological polar surface area (TPSA) is 184 Å². The maximum atomic E-state index is 15.1. The van der Waals surface area contributed by atoms with E-state index in [-0.39, 0.29) is 36.9 Å². The van der Waals surface area contributed by atoms with Crippen LogP contribution in [0.2, 0.25) is 0 Å². The van der Waals surface area contributed by atoms with E-state index in [1.165, 1.54) is 15.9 Å². The Balaban J connectivity index is 1.10. The summed E-state index contributed by atoms with van der Waals surface area (Å²) in [7, 11) is 5.40. The molecular weight excluding hydrogens is 1050 g/mol. The zero-order valence-electron chi connectivity index (χ0n) is 50.8. The molecule has 0 aromatic heterocycles. The summed E-state index contributed by atoms with van der Waals surface area (Å²) >= 11 is 0. The molecule has 4 aliphatic rings. The molecular formula is C64H97N3O13P+. The molecule has 3 aromatic carbocycles. The van der Waals surface area contributed by atoms with Gasteiger partial charge in [0, 0.05) is 44.6 Å². The maximum absolute atomic E-state index is 15.1. The van der Waals surface area contributed by atoms with Gasteiger partial charge in [0.2, 0.25) is 0 Å². The molecule has 7 rings (SSSR count). The van der Waals surface area contributed by atoms with E-state index in [4.69, 9.17) is 37.9 Å². The number of rotatable bonds is 17. The van der Waals surface area contributed by atoms with Gasteiger partial charge in [-0.3, -0.25) is 9.69 Å². The Morgan fingerprint density at radius 2 is 1.40 bits per heavy atom. The Morgan fingerprint density at radius 1 is 0.815 bits per heavy atom. The molecule has 4 saturated heterocycles. The van der Waals surface area contributed by atoms with Crippen LogP contribution in [0, 0.1) is 23.7 Å². The van der Waals surface area contributed by atoms with Crippen LogP contribution in [0.4, 0.5) is 9.59 Å². The van der Waals surface area contributed by atoms with Crippen molar-refractivity contribution in [1.82, 2.24) is 15.1 Å². The highest BCUT2D eigenvalue weighted by Gasteiger charge is 2.59. The molecule has 81 heavy (non-hydrogen) atoms. The minimum atomic E-state index is -1.94. The van der Waals surface area contributed by atoms with Crippen LogP contribution in [-0.4, -0.2) is 170 Å². The molecule has 3 aromatic rings. The number of methoxy groups -OCH3 is 1. The number of nitrogens with zero attached hydrogens (tertiary/aromatic N) is 2. The summed E-state index contributed by atoms with van der Waals surface area (Å²) in [5, 5.41) is 32.0. The first-order valence-electron chi connectivity index (χ1n) is 29.8. The number of esters is 1. The van der Waals surface area contributed by atoms with Gasteiger partial charge in [0.05, 0.1) is 42.1 Å². The number of amides is 1. The van der Waals surface area contributed by atoms with E-state index in [0.29, 0.717) is 25.9 Å². The van der Waals surface area contributed by atoms with Gasteiger partial charge in [-0.2, -0.15) is 0 Å². The zero-order chi connectivity index (χ0) is 59.0. The smallest absolute Gasteiger partial charge is 0.458 e. The number of alkyl carbamates (subject to hydrolysis) is 1. The second-order valence-electron chi connectivity index (χ2n) is 24.9. The number of unbranched alkanes of at least 4 members (excludes halogenated alkanes) is 3. The summed E-state index contributed by atoms with van der Waals surface area (Å²) in [4.78, 5) is 45.9. The van der Waals surface area contributed by atoms with Crippen LogP contribution in [0.25, 0.3) is 0 Å². The van der Waals surface area contributed by atoms with Crippen molar-refractivity contribution < 1.29 is 62.5 Å². The van der Waals surface area contributed by atoms with Gasteiger partial charge < -0.3 is 58.3 Å². The molecule has 1 unspecified atom stereocenters. The number of likely N-dealkylation sites (N-methyl/N-ethyl adjacent to an activating group) is 2. The lowest BCUT2D eigenvalue weighted by Gasteiger charge is -2.52. The number of aliphatic hydroxyl groups is 2. The standard InChI is InChI=1S/C64H96N3O13P/c1-15-52-64(10)56(79-61(71)80-64)45(6)67(13)40-41(2)38-62(8,72)55(77-59-54(68)50(66(11)12)37-42(3)74-59)43(4)53(44(5)58(69)76-52)51-39-63(9,73-14)57(46(7)75-51)78-60(70)65-35-27-16-17-28-36-81(47-29-21-18-22-30-47,48-31-23-19-24-32-48)49-33-25-20-26-34-49/h18-26,29-34,41-46,50-57,59,68,72H,15-17,27-28,35-40H2,1-14H3/p+1/t41-,42-,43+,44-,45-,46+,50+,51?,52-,53+,54-,55-,56-,57+,59+,62-,63-,64-/m1/s1. The molecule has 0 spiro atoms. The van der Waals surface area contributed by atoms with E-state index in [9.17, 15) is 19.8 Å². The third-order valence-electron chi connectivity index (χ3n) is 18.5. The minimum absolute atomic E-state index is 0.139. The van der Waals surface area contributed by atoms with Crippen molar-refractivity contribution in [2.75, 3.05) is 47.5 Å². The number of carbonyl (C=O) groups is 3. The molecule has 18 atom stereocenters. The fourth-order valence-electron chi connectivity index (χ4n) is 14.2. The second kappa shape index (κ2) is 27.7. The van der Waals surface area contributed by atoms with Crippen molar-refractivity contribution in [3.8, 4) is 0 Å². The largest absolute Gasteiger partial charge is 0.509 e. The van der Waals surface area contributed by atoms with E-state index >= 15 is 4.79 Å². The highest BCUT2D eigenvalue weighted by molar-refractivity contribution is 7.95. The highest BCUT2D eigenvalue weighted by Crippen LogP contribution is 2.56. The molecule has 4 heterocycles.